The second-order valence-electron chi connectivity index (χ2n) is 11.4. The number of amides is 4. The molecule has 0 saturated carbocycles. The second kappa shape index (κ2) is 21.6. The van der Waals surface area contributed by atoms with Gasteiger partial charge in [-0.15, -0.1) is 0 Å². The Kier molecular flexibility index (Phi) is 20.0. The standard InChI is InChI=1S/C30H52N4O7/c1-6-7-8-9-24(17-23(5)37)32-29(40)18-25(13-12-22(4)36)34-30(41)19-26(14-15-27(31)38)33-28(39)16-20(2)10-11-21(3)35/h20,24-26H,6-19H2,1-5H3,(H2,31,38)(H,32,40)(H,33,39)(H,34,41). The van der Waals surface area contributed by atoms with Crippen molar-refractivity contribution in [2.24, 2.45) is 11.7 Å². The third-order valence-electron chi connectivity index (χ3n) is 6.76. The first kappa shape index (κ1) is 37.9. The Morgan fingerprint density at radius 1 is 0.561 bits per heavy atom. The van der Waals surface area contributed by atoms with Crippen LogP contribution in [0.5, 0.6) is 0 Å². The van der Waals surface area contributed by atoms with E-state index in [0.717, 1.165) is 19.3 Å². The van der Waals surface area contributed by atoms with Crippen LogP contribution in [0.2, 0.25) is 0 Å². The molecule has 41 heavy (non-hydrogen) atoms. The van der Waals surface area contributed by atoms with Crippen molar-refractivity contribution in [3.63, 3.8) is 0 Å². The highest BCUT2D eigenvalue weighted by Gasteiger charge is 2.23. The Morgan fingerprint density at radius 3 is 1.44 bits per heavy atom. The molecular formula is C30H52N4O7. The third kappa shape index (κ3) is 22.3. The quantitative estimate of drug-likeness (QED) is 0.127. The molecule has 0 aromatic heterocycles. The van der Waals surface area contributed by atoms with E-state index in [0.29, 0.717) is 19.3 Å². The lowest BCUT2D eigenvalue weighted by Crippen LogP contribution is -2.45. The fourth-order valence-corrected chi connectivity index (χ4v) is 4.53. The van der Waals surface area contributed by atoms with Crippen LogP contribution in [0.25, 0.3) is 0 Å². The van der Waals surface area contributed by atoms with Crippen LogP contribution in [-0.2, 0) is 33.6 Å². The molecule has 0 heterocycles. The van der Waals surface area contributed by atoms with Crippen LogP contribution in [0.4, 0.5) is 0 Å². The number of ketones is 3. The van der Waals surface area contributed by atoms with E-state index >= 15 is 0 Å². The van der Waals surface area contributed by atoms with Crippen molar-refractivity contribution in [2.75, 3.05) is 0 Å². The molecule has 0 saturated heterocycles. The van der Waals surface area contributed by atoms with Gasteiger partial charge in [0.1, 0.15) is 17.3 Å². The van der Waals surface area contributed by atoms with Crippen molar-refractivity contribution in [3.8, 4) is 0 Å². The maximum absolute atomic E-state index is 13.0. The van der Waals surface area contributed by atoms with E-state index in [4.69, 9.17) is 5.73 Å². The Bertz CT molecular complexity index is 890. The molecule has 4 unspecified atom stereocenters. The first-order valence-electron chi connectivity index (χ1n) is 14.9. The Labute approximate surface area is 244 Å². The Morgan fingerprint density at radius 2 is 1.00 bits per heavy atom. The van der Waals surface area contributed by atoms with Crippen LogP contribution < -0.4 is 21.7 Å². The molecule has 0 aromatic carbocycles. The van der Waals surface area contributed by atoms with Crippen LogP contribution in [0.3, 0.4) is 0 Å². The predicted molar refractivity (Wildman–Crippen MR) is 157 cm³/mol. The van der Waals surface area contributed by atoms with Gasteiger partial charge in [0.25, 0.3) is 0 Å². The van der Waals surface area contributed by atoms with Crippen molar-refractivity contribution in [1.82, 2.24) is 16.0 Å². The summed E-state index contributed by atoms with van der Waals surface area (Å²) in [5, 5.41) is 8.52. The van der Waals surface area contributed by atoms with E-state index in [2.05, 4.69) is 22.9 Å². The number of hydrogen-bond acceptors (Lipinski definition) is 7. The molecule has 11 heteroatoms. The van der Waals surface area contributed by atoms with Crippen molar-refractivity contribution >= 4 is 41.0 Å². The smallest absolute Gasteiger partial charge is 0.222 e. The molecule has 234 valence electrons. The fraction of sp³-hybridized carbons (Fsp3) is 0.767. The van der Waals surface area contributed by atoms with Gasteiger partial charge >= 0.3 is 0 Å². The van der Waals surface area contributed by atoms with Crippen LogP contribution in [0.1, 0.15) is 125 Å². The number of primary amides is 1. The number of nitrogens with one attached hydrogen (secondary N) is 3. The van der Waals surface area contributed by atoms with Gasteiger partial charge in [-0.05, 0) is 52.4 Å². The third-order valence-corrected chi connectivity index (χ3v) is 6.76. The maximum Gasteiger partial charge on any atom is 0.222 e. The summed E-state index contributed by atoms with van der Waals surface area (Å²) in [6.45, 7) is 8.35. The summed E-state index contributed by atoms with van der Waals surface area (Å²) in [6, 6.07) is -1.57. The van der Waals surface area contributed by atoms with Gasteiger partial charge < -0.3 is 31.3 Å². The highest BCUT2D eigenvalue weighted by Crippen LogP contribution is 2.13. The van der Waals surface area contributed by atoms with Gasteiger partial charge in [0, 0.05) is 63.1 Å². The number of unbranched alkanes of at least 4 members (excludes halogenated alkanes) is 2. The summed E-state index contributed by atoms with van der Waals surface area (Å²) in [5.41, 5.74) is 5.28. The minimum Gasteiger partial charge on any atom is -0.370 e. The highest BCUT2D eigenvalue weighted by molar-refractivity contribution is 5.83. The number of nitrogens with two attached hydrogens (primary N) is 1. The molecule has 0 aliphatic rings. The minimum absolute atomic E-state index is 0.0227. The maximum atomic E-state index is 13.0. The van der Waals surface area contributed by atoms with Crippen LogP contribution >= 0.6 is 0 Å². The van der Waals surface area contributed by atoms with Gasteiger partial charge in [0.15, 0.2) is 0 Å². The van der Waals surface area contributed by atoms with E-state index in [1.165, 1.54) is 20.8 Å². The van der Waals surface area contributed by atoms with Crippen molar-refractivity contribution < 1.29 is 33.6 Å². The normalized spacial score (nSPS) is 13.8. The average Bonchev–Trinajstić information content (AvgIpc) is 2.84. The molecule has 0 spiro atoms. The van der Waals surface area contributed by atoms with Crippen LogP contribution in [-0.4, -0.2) is 59.1 Å². The van der Waals surface area contributed by atoms with Gasteiger partial charge in [0.05, 0.1) is 0 Å². The molecule has 0 bridgehead atoms. The SMILES string of the molecule is CCCCCC(CC(C)=O)NC(=O)CC(CCC(C)=O)NC(=O)CC(CCC(N)=O)NC(=O)CC(C)CCC(C)=O. The summed E-state index contributed by atoms with van der Waals surface area (Å²) in [5.74, 6) is -1.70. The summed E-state index contributed by atoms with van der Waals surface area (Å²) >= 11 is 0. The van der Waals surface area contributed by atoms with E-state index in [-0.39, 0.29) is 92.5 Å². The molecule has 11 nitrogen and oxygen atoms in total. The minimum atomic E-state index is -0.657. The number of carbonyl (C=O) groups excluding carboxylic acids is 7. The lowest BCUT2D eigenvalue weighted by molar-refractivity contribution is -0.126. The number of Topliss-reactive ketones (excluding diaryl/α,β-unsaturated/α-hetero) is 3. The van der Waals surface area contributed by atoms with Crippen molar-refractivity contribution in [3.05, 3.63) is 0 Å². The molecule has 5 N–H and O–H groups in total. The Hall–Kier alpha value is -3.11. The van der Waals surface area contributed by atoms with Crippen LogP contribution in [0, 0.1) is 5.92 Å². The topological polar surface area (TPSA) is 182 Å². The average molecular weight is 581 g/mol. The fourth-order valence-electron chi connectivity index (χ4n) is 4.53. The molecule has 0 aliphatic carbocycles. The lowest BCUT2D eigenvalue weighted by Gasteiger charge is -2.23. The lowest BCUT2D eigenvalue weighted by atomic mass is 9.99. The van der Waals surface area contributed by atoms with Crippen molar-refractivity contribution in [1.29, 1.82) is 0 Å². The first-order chi connectivity index (χ1) is 19.2. The first-order valence-corrected chi connectivity index (χ1v) is 14.9. The van der Waals surface area contributed by atoms with Gasteiger partial charge in [-0.1, -0.05) is 33.1 Å². The number of rotatable bonds is 24. The molecular weight excluding hydrogens is 528 g/mol. The number of hydrogen-bond donors (Lipinski definition) is 4. The summed E-state index contributed by atoms with van der Waals surface area (Å²) in [4.78, 5) is 84.3. The molecule has 0 rings (SSSR count). The predicted octanol–water partition coefficient (Wildman–Crippen LogP) is 2.81. The molecule has 4 amide bonds. The van der Waals surface area contributed by atoms with E-state index < -0.39 is 23.9 Å². The highest BCUT2D eigenvalue weighted by atomic mass is 16.2. The van der Waals surface area contributed by atoms with Gasteiger partial charge in [-0.3, -0.25) is 24.0 Å². The van der Waals surface area contributed by atoms with Crippen molar-refractivity contribution in [2.45, 2.75) is 143 Å². The van der Waals surface area contributed by atoms with E-state index in [1.54, 1.807) is 0 Å². The monoisotopic (exact) mass is 580 g/mol. The van der Waals surface area contributed by atoms with E-state index in [1.807, 2.05) is 6.92 Å². The molecule has 0 radical (unpaired) electrons. The van der Waals surface area contributed by atoms with Gasteiger partial charge in [-0.2, -0.15) is 0 Å². The van der Waals surface area contributed by atoms with Crippen LogP contribution in [0.15, 0.2) is 0 Å². The molecule has 0 aliphatic heterocycles. The summed E-state index contributed by atoms with van der Waals surface area (Å²) in [6.07, 6.45) is 5.29. The molecule has 4 atom stereocenters. The largest absolute Gasteiger partial charge is 0.370 e. The summed E-state index contributed by atoms with van der Waals surface area (Å²) < 4.78 is 0. The van der Waals surface area contributed by atoms with E-state index in [9.17, 15) is 33.6 Å². The number of carbonyl (C=O) groups is 7. The zero-order chi connectivity index (χ0) is 31.4. The summed E-state index contributed by atoms with van der Waals surface area (Å²) in [7, 11) is 0. The molecule has 0 fully saturated rings. The molecule has 0 aromatic rings. The van der Waals surface area contributed by atoms with Gasteiger partial charge in [-0.25, -0.2) is 0 Å². The zero-order valence-corrected chi connectivity index (χ0v) is 25.6. The second-order valence-corrected chi connectivity index (χ2v) is 11.4. The Balaban J connectivity index is 5.30. The van der Waals surface area contributed by atoms with Gasteiger partial charge in [0.2, 0.25) is 23.6 Å². The zero-order valence-electron chi connectivity index (χ0n) is 25.6.